The number of aliphatic hydroxyl groups excluding tert-OH is 1. The number of aliphatic hydroxyl groups is 1. The number of nitrogens with zero attached hydrogens (tertiary/aromatic N) is 3. The molecule has 0 amide bonds. The van der Waals surface area contributed by atoms with E-state index >= 15 is 0 Å². The molecule has 6 heteroatoms. The molecular formula is C13H23N3O3. The van der Waals surface area contributed by atoms with Gasteiger partial charge in [0.15, 0.2) is 5.75 Å². The van der Waals surface area contributed by atoms with Gasteiger partial charge in [-0.25, -0.2) is 0 Å². The Bertz CT molecular complexity index is 386. The third kappa shape index (κ3) is 2.91. The van der Waals surface area contributed by atoms with Crippen molar-refractivity contribution < 1.29 is 14.6 Å². The SMILES string of the molecule is CCN1CCOC(C(O)c2c(OC)cnn2CC)C1. The van der Waals surface area contributed by atoms with Gasteiger partial charge < -0.3 is 14.6 Å². The van der Waals surface area contributed by atoms with Crippen LogP contribution in [-0.4, -0.2) is 59.2 Å². The first-order valence-corrected chi connectivity index (χ1v) is 6.82. The Labute approximate surface area is 113 Å². The van der Waals surface area contributed by atoms with Crippen molar-refractivity contribution in [2.75, 3.05) is 33.4 Å². The van der Waals surface area contributed by atoms with Gasteiger partial charge in [-0.2, -0.15) is 5.10 Å². The third-order valence-corrected chi connectivity index (χ3v) is 3.62. The molecule has 6 nitrogen and oxygen atoms in total. The van der Waals surface area contributed by atoms with Gasteiger partial charge in [-0.05, 0) is 13.5 Å². The zero-order valence-corrected chi connectivity index (χ0v) is 11.9. The summed E-state index contributed by atoms with van der Waals surface area (Å²) in [5.74, 6) is 0.617. The van der Waals surface area contributed by atoms with Gasteiger partial charge in [-0.1, -0.05) is 6.92 Å². The minimum atomic E-state index is -0.716. The van der Waals surface area contributed by atoms with E-state index in [1.165, 1.54) is 0 Å². The molecule has 1 saturated heterocycles. The number of rotatable bonds is 5. The number of aromatic nitrogens is 2. The second-order valence-electron chi connectivity index (χ2n) is 4.66. The van der Waals surface area contributed by atoms with Crippen LogP contribution in [0.2, 0.25) is 0 Å². The predicted octanol–water partition coefficient (Wildman–Crippen LogP) is 0.666. The number of hydrogen-bond donors (Lipinski definition) is 1. The van der Waals surface area contributed by atoms with Crippen molar-refractivity contribution in [3.05, 3.63) is 11.9 Å². The molecule has 2 unspecified atom stereocenters. The summed E-state index contributed by atoms with van der Waals surface area (Å²) in [5.41, 5.74) is 0.702. The van der Waals surface area contributed by atoms with Crippen molar-refractivity contribution in [3.63, 3.8) is 0 Å². The molecule has 2 heterocycles. The Morgan fingerprint density at radius 1 is 1.53 bits per heavy atom. The first-order valence-electron chi connectivity index (χ1n) is 6.82. The van der Waals surface area contributed by atoms with Gasteiger partial charge in [-0.15, -0.1) is 0 Å². The monoisotopic (exact) mass is 269 g/mol. The molecule has 1 aromatic rings. The van der Waals surface area contributed by atoms with Crippen molar-refractivity contribution in [3.8, 4) is 5.75 Å². The molecule has 2 rings (SSSR count). The quantitative estimate of drug-likeness (QED) is 0.851. The molecular weight excluding hydrogens is 246 g/mol. The fourth-order valence-electron chi connectivity index (χ4n) is 2.47. The Morgan fingerprint density at radius 2 is 2.32 bits per heavy atom. The van der Waals surface area contributed by atoms with Crippen molar-refractivity contribution in [1.82, 2.24) is 14.7 Å². The maximum atomic E-state index is 10.6. The molecule has 1 aliphatic rings. The van der Waals surface area contributed by atoms with Gasteiger partial charge in [-0.3, -0.25) is 9.58 Å². The van der Waals surface area contributed by atoms with Gasteiger partial charge in [0, 0.05) is 19.6 Å². The van der Waals surface area contributed by atoms with Crippen molar-refractivity contribution in [1.29, 1.82) is 0 Å². The molecule has 0 aromatic carbocycles. The van der Waals surface area contributed by atoms with E-state index in [1.54, 1.807) is 18.0 Å². The van der Waals surface area contributed by atoms with Crippen LogP contribution in [0.4, 0.5) is 0 Å². The van der Waals surface area contributed by atoms with E-state index in [2.05, 4.69) is 16.9 Å². The average molecular weight is 269 g/mol. The zero-order chi connectivity index (χ0) is 13.8. The molecule has 1 fully saturated rings. The second-order valence-corrected chi connectivity index (χ2v) is 4.66. The first kappa shape index (κ1) is 14.3. The molecule has 19 heavy (non-hydrogen) atoms. The minimum absolute atomic E-state index is 0.232. The molecule has 0 aliphatic carbocycles. The standard InChI is InChI=1S/C13H23N3O3/c1-4-15-6-7-19-11(9-15)13(17)12-10(18-3)8-14-16(12)5-2/h8,11,13,17H,4-7,9H2,1-3H3. The highest BCUT2D eigenvalue weighted by atomic mass is 16.5. The lowest BCUT2D eigenvalue weighted by molar-refractivity contribution is -0.0916. The van der Waals surface area contributed by atoms with E-state index in [9.17, 15) is 5.11 Å². The lowest BCUT2D eigenvalue weighted by Crippen LogP contribution is -2.45. The fraction of sp³-hybridized carbons (Fsp3) is 0.769. The van der Waals surface area contributed by atoms with Crippen molar-refractivity contribution >= 4 is 0 Å². The Kier molecular flexibility index (Phi) is 4.79. The van der Waals surface area contributed by atoms with Gasteiger partial charge in [0.25, 0.3) is 0 Å². The molecule has 0 radical (unpaired) electrons. The van der Waals surface area contributed by atoms with Crippen LogP contribution in [0.1, 0.15) is 25.6 Å². The molecule has 0 saturated carbocycles. The van der Waals surface area contributed by atoms with E-state index in [0.29, 0.717) is 24.6 Å². The summed E-state index contributed by atoms with van der Waals surface area (Å²) in [4.78, 5) is 2.27. The Balaban J connectivity index is 2.18. The van der Waals surface area contributed by atoms with E-state index in [4.69, 9.17) is 9.47 Å². The van der Waals surface area contributed by atoms with E-state index in [1.807, 2.05) is 6.92 Å². The Hall–Kier alpha value is -1.11. The molecule has 1 aromatic heterocycles. The molecule has 108 valence electrons. The third-order valence-electron chi connectivity index (χ3n) is 3.62. The summed E-state index contributed by atoms with van der Waals surface area (Å²) in [7, 11) is 1.59. The van der Waals surface area contributed by atoms with Crippen LogP contribution in [0.25, 0.3) is 0 Å². The summed E-state index contributed by atoms with van der Waals surface area (Å²) in [5, 5.41) is 14.8. The lowest BCUT2D eigenvalue weighted by Gasteiger charge is -2.34. The van der Waals surface area contributed by atoms with Crippen LogP contribution >= 0.6 is 0 Å². The van der Waals surface area contributed by atoms with Gasteiger partial charge in [0.2, 0.25) is 0 Å². The predicted molar refractivity (Wildman–Crippen MR) is 71.3 cm³/mol. The van der Waals surface area contributed by atoms with E-state index < -0.39 is 6.10 Å². The number of likely N-dealkylation sites (N-methyl/N-ethyl adjacent to an activating group) is 1. The number of aryl methyl sites for hydroxylation is 1. The highest BCUT2D eigenvalue weighted by Crippen LogP contribution is 2.29. The minimum Gasteiger partial charge on any atom is -0.493 e. The summed E-state index contributed by atoms with van der Waals surface area (Å²) >= 11 is 0. The summed E-state index contributed by atoms with van der Waals surface area (Å²) in [6, 6.07) is 0. The number of ether oxygens (including phenoxy) is 2. The number of hydrogen-bond acceptors (Lipinski definition) is 5. The topological polar surface area (TPSA) is 59.8 Å². The van der Waals surface area contributed by atoms with E-state index in [-0.39, 0.29) is 6.10 Å². The van der Waals surface area contributed by atoms with Crippen LogP contribution in [0.3, 0.4) is 0 Å². The van der Waals surface area contributed by atoms with Crippen molar-refractivity contribution in [2.24, 2.45) is 0 Å². The molecule has 0 spiro atoms. The highest BCUT2D eigenvalue weighted by molar-refractivity contribution is 5.28. The Morgan fingerprint density at radius 3 is 2.95 bits per heavy atom. The van der Waals surface area contributed by atoms with Gasteiger partial charge in [0.05, 0.1) is 19.9 Å². The summed E-state index contributed by atoms with van der Waals surface area (Å²) < 4.78 is 12.7. The maximum Gasteiger partial charge on any atom is 0.162 e. The van der Waals surface area contributed by atoms with Crippen LogP contribution < -0.4 is 4.74 Å². The second kappa shape index (κ2) is 6.36. The summed E-state index contributed by atoms with van der Waals surface area (Å²) in [6.45, 7) is 8.07. The molecule has 0 bridgehead atoms. The molecule has 1 aliphatic heterocycles. The van der Waals surface area contributed by atoms with Gasteiger partial charge >= 0.3 is 0 Å². The van der Waals surface area contributed by atoms with Crippen LogP contribution in [0.15, 0.2) is 6.20 Å². The highest BCUT2D eigenvalue weighted by Gasteiger charge is 2.31. The lowest BCUT2D eigenvalue weighted by atomic mass is 10.1. The average Bonchev–Trinajstić information content (AvgIpc) is 2.89. The zero-order valence-electron chi connectivity index (χ0n) is 11.9. The molecule has 1 N–H and O–H groups in total. The largest absolute Gasteiger partial charge is 0.493 e. The first-order chi connectivity index (χ1) is 9.21. The van der Waals surface area contributed by atoms with Crippen LogP contribution in [-0.2, 0) is 11.3 Å². The smallest absolute Gasteiger partial charge is 0.162 e. The summed E-state index contributed by atoms with van der Waals surface area (Å²) in [6.07, 6.45) is 0.694. The van der Waals surface area contributed by atoms with Gasteiger partial charge in [0.1, 0.15) is 17.9 Å². The fourth-order valence-corrected chi connectivity index (χ4v) is 2.47. The maximum absolute atomic E-state index is 10.6. The van der Waals surface area contributed by atoms with E-state index in [0.717, 1.165) is 19.6 Å². The van der Waals surface area contributed by atoms with Crippen molar-refractivity contribution in [2.45, 2.75) is 32.6 Å². The van der Waals surface area contributed by atoms with Crippen LogP contribution in [0, 0.1) is 0 Å². The number of methoxy groups -OCH3 is 1. The number of morpholine rings is 1. The van der Waals surface area contributed by atoms with Crippen LogP contribution in [0.5, 0.6) is 5.75 Å². The molecule has 2 atom stereocenters. The normalized spacial score (nSPS) is 22.4.